The fourth-order valence-electron chi connectivity index (χ4n) is 3.31. The molecule has 0 radical (unpaired) electrons. The predicted molar refractivity (Wildman–Crippen MR) is 90.1 cm³/mol. The van der Waals surface area contributed by atoms with E-state index in [0.717, 1.165) is 29.5 Å². The molecule has 0 bridgehead atoms. The standard InChI is InChI=1S/C19H27NO3/c1-13-7-9-19(10-8-13,18(22)23-4)20-17(21)12-16-11-14(2)5-6-15(16)3/h5-6,11,13H,7-10,12H2,1-4H3,(H,20,21). The number of carbonyl (C=O) groups excluding carboxylic acids is 2. The van der Waals surface area contributed by atoms with Crippen molar-refractivity contribution < 1.29 is 14.3 Å². The maximum absolute atomic E-state index is 12.5. The fraction of sp³-hybridized carbons (Fsp3) is 0.579. The van der Waals surface area contributed by atoms with Gasteiger partial charge in [-0.25, -0.2) is 4.79 Å². The first kappa shape index (κ1) is 17.5. The first-order valence-electron chi connectivity index (χ1n) is 8.32. The van der Waals surface area contributed by atoms with Crippen molar-refractivity contribution in [1.82, 2.24) is 5.32 Å². The molecule has 0 unspecified atom stereocenters. The van der Waals surface area contributed by atoms with Crippen LogP contribution >= 0.6 is 0 Å². The van der Waals surface area contributed by atoms with Gasteiger partial charge in [0, 0.05) is 0 Å². The number of amides is 1. The van der Waals surface area contributed by atoms with Crippen molar-refractivity contribution >= 4 is 11.9 Å². The van der Waals surface area contributed by atoms with Gasteiger partial charge in [-0.3, -0.25) is 4.79 Å². The highest BCUT2D eigenvalue weighted by Gasteiger charge is 2.43. The van der Waals surface area contributed by atoms with Crippen molar-refractivity contribution in [1.29, 1.82) is 0 Å². The van der Waals surface area contributed by atoms with Gasteiger partial charge < -0.3 is 10.1 Å². The second-order valence-corrected chi connectivity index (χ2v) is 6.91. The lowest BCUT2D eigenvalue weighted by molar-refractivity contribution is -0.153. The lowest BCUT2D eigenvalue weighted by Crippen LogP contribution is -2.57. The largest absolute Gasteiger partial charge is 0.467 e. The smallest absolute Gasteiger partial charge is 0.331 e. The van der Waals surface area contributed by atoms with Gasteiger partial charge in [0.25, 0.3) is 0 Å². The number of methoxy groups -OCH3 is 1. The van der Waals surface area contributed by atoms with Gasteiger partial charge in [0.2, 0.25) is 5.91 Å². The van der Waals surface area contributed by atoms with Crippen LogP contribution in [0.25, 0.3) is 0 Å². The molecule has 1 aliphatic rings. The first-order valence-corrected chi connectivity index (χ1v) is 8.32. The van der Waals surface area contributed by atoms with E-state index >= 15 is 0 Å². The van der Waals surface area contributed by atoms with Gasteiger partial charge in [-0.05, 0) is 56.6 Å². The van der Waals surface area contributed by atoms with Gasteiger partial charge in [0.05, 0.1) is 13.5 Å². The molecule has 0 aliphatic heterocycles. The van der Waals surface area contributed by atoms with Crippen molar-refractivity contribution in [3.8, 4) is 0 Å². The maximum atomic E-state index is 12.5. The highest BCUT2D eigenvalue weighted by molar-refractivity contribution is 5.89. The Morgan fingerprint density at radius 1 is 1.26 bits per heavy atom. The van der Waals surface area contributed by atoms with E-state index < -0.39 is 5.54 Å². The summed E-state index contributed by atoms with van der Waals surface area (Å²) in [7, 11) is 1.39. The van der Waals surface area contributed by atoms with E-state index in [9.17, 15) is 9.59 Å². The Morgan fingerprint density at radius 2 is 1.91 bits per heavy atom. The van der Waals surface area contributed by atoms with Gasteiger partial charge >= 0.3 is 5.97 Å². The number of nitrogens with one attached hydrogen (secondary N) is 1. The number of rotatable bonds is 4. The zero-order chi connectivity index (χ0) is 17.0. The number of benzene rings is 1. The van der Waals surface area contributed by atoms with E-state index in [1.807, 2.05) is 32.0 Å². The molecule has 23 heavy (non-hydrogen) atoms. The summed E-state index contributed by atoms with van der Waals surface area (Å²) in [6.07, 6.45) is 3.46. The van der Waals surface area contributed by atoms with Crippen LogP contribution in [0.15, 0.2) is 18.2 Å². The van der Waals surface area contributed by atoms with Crippen molar-refractivity contribution in [2.24, 2.45) is 5.92 Å². The second-order valence-electron chi connectivity index (χ2n) is 6.91. The summed E-state index contributed by atoms with van der Waals surface area (Å²) < 4.78 is 4.97. The zero-order valence-corrected chi connectivity index (χ0v) is 14.6. The molecule has 1 fully saturated rings. The van der Waals surface area contributed by atoms with Crippen molar-refractivity contribution in [2.45, 2.75) is 58.4 Å². The van der Waals surface area contributed by atoms with Crippen LogP contribution in [0, 0.1) is 19.8 Å². The van der Waals surface area contributed by atoms with E-state index in [1.165, 1.54) is 7.11 Å². The van der Waals surface area contributed by atoms with Crippen LogP contribution in [-0.4, -0.2) is 24.5 Å². The van der Waals surface area contributed by atoms with Gasteiger partial charge in [0.15, 0.2) is 0 Å². The molecule has 1 saturated carbocycles. The van der Waals surface area contributed by atoms with Gasteiger partial charge in [-0.2, -0.15) is 0 Å². The number of carbonyl (C=O) groups is 2. The minimum absolute atomic E-state index is 0.112. The number of aryl methyl sites for hydroxylation is 2. The van der Waals surface area contributed by atoms with Crippen molar-refractivity contribution in [2.75, 3.05) is 7.11 Å². The van der Waals surface area contributed by atoms with Crippen molar-refractivity contribution in [3.63, 3.8) is 0 Å². The van der Waals surface area contributed by atoms with E-state index in [0.29, 0.717) is 25.2 Å². The molecule has 0 heterocycles. The monoisotopic (exact) mass is 317 g/mol. The molecule has 126 valence electrons. The van der Waals surface area contributed by atoms with E-state index in [2.05, 4.69) is 12.2 Å². The minimum atomic E-state index is -0.851. The lowest BCUT2D eigenvalue weighted by atomic mass is 9.77. The molecule has 0 atom stereocenters. The van der Waals surface area contributed by atoms with E-state index in [4.69, 9.17) is 4.74 Å². The summed E-state index contributed by atoms with van der Waals surface area (Å²) in [5.41, 5.74) is 2.38. The van der Waals surface area contributed by atoms with Gasteiger partial charge in [-0.1, -0.05) is 30.7 Å². The molecule has 4 nitrogen and oxygen atoms in total. The summed E-state index contributed by atoms with van der Waals surface area (Å²) in [4.78, 5) is 24.8. The summed E-state index contributed by atoms with van der Waals surface area (Å²) in [6.45, 7) is 6.19. The number of esters is 1. The molecular weight excluding hydrogens is 290 g/mol. The fourth-order valence-corrected chi connectivity index (χ4v) is 3.31. The molecule has 4 heteroatoms. The highest BCUT2D eigenvalue weighted by atomic mass is 16.5. The Kier molecular flexibility index (Phi) is 5.45. The van der Waals surface area contributed by atoms with Gasteiger partial charge in [-0.15, -0.1) is 0 Å². The van der Waals surface area contributed by atoms with Crippen LogP contribution < -0.4 is 5.32 Å². The normalized spacial score (nSPS) is 24.1. The van der Waals surface area contributed by atoms with Crippen LogP contribution in [0.5, 0.6) is 0 Å². The predicted octanol–water partition coefficient (Wildman–Crippen LogP) is 3.08. The second kappa shape index (κ2) is 7.16. The van der Waals surface area contributed by atoms with Crippen LogP contribution in [0.4, 0.5) is 0 Å². The topological polar surface area (TPSA) is 55.4 Å². The molecule has 1 aromatic rings. The first-order chi connectivity index (χ1) is 10.9. The Hall–Kier alpha value is -1.84. The highest BCUT2D eigenvalue weighted by Crippen LogP contribution is 2.33. The van der Waals surface area contributed by atoms with Crippen LogP contribution in [-0.2, 0) is 20.7 Å². The third-order valence-electron chi connectivity index (χ3n) is 4.94. The molecule has 1 aromatic carbocycles. The molecule has 1 N–H and O–H groups in total. The SMILES string of the molecule is COC(=O)C1(NC(=O)Cc2cc(C)ccc2C)CCC(C)CC1. The average molecular weight is 317 g/mol. The Bertz CT molecular complexity index is 586. The molecule has 0 saturated heterocycles. The third-order valence-corrected chi connectivity index (χ3v) is 4.94. The summed E-state index contributed by atoms with van der Waals surface area (Å²) in [5.74, 6) is 0.154. The van der Waals surface area contributed by atoms with Crippen LogP contribution in [0.1, 0.15) is 49.3 Å². The lowest BCUT2D eigenvalue weighted by Gasteiger charge is -2.37. The molecule has 0 spiro atoms. The quantitative estimate of drug-likeness (QED) is 0.868. The molecule has 1 amide bonds. The molecule has 0 aromatic heterocycles. The molecule has 1 aliphatic carbocycles. The zero-order valence-electron chi connectivity index (χ0n) is 14.6. The Morgan fingerprint density at radius 3 is 2.52 bits per heavy atom. The number of hydrogen-bond donors (Lipinski definition) is 1. The third kappa shape index (κ3) is 4.12. The summed E-state index contributed by atoms with van der Waals surface area (Å²) in [5, 5.41) is 2.99. The van der Waals surface area contributed by atoms with Gasteiger partial charge in [0.1, 0.15) is 5.54 Å². The Balaban J connectivity index is 2.12. The van der Waals surface area contributed by atoms with Crippen molar-refractivity contribution in [3.05, 3.63) is 34.9 Å². The Labute approximate surface area is 138 Å². The van der Waals surface area contributed by atoms with E-state index in [-0.39, 0.29) is 11.9 Å². The number of ether oxygens (including phenoxy) is 1. The molecule has 2 rings (SSSR count). The summed E-state index contributed by atoms with van der Waals surface area (Å²) >= 11 is 0. The molecular formula is C19H27NO3. The van der Waals surface area contributed by atoms with E-state index in [1.54, 1.807) is 0 Å². The average Bonchev–Trinajstić information content (AvgIpc) is 2.52. The number of hydrogen-bond acceptors (Lipinski definition) is 3. The maximum Gasteiger partial charge on any atom is 0.331 e. The minimum Gasteiger partial charge on any atom is -0.467 e. The summed E-state index contributed by atoms with van der Waals surface area (Å²) in [6, 6.07) is 6.09. The van der Waals surface area contributed by atoms with Crippen LogP contribution in [0.2, 0.25) is 0 Å². The van der Waals surface area contributed by atoms with Crippen LogP contribution in [0.3, 0.4) is 0 Å².